The normalized spacial score (nSPS) is 12.7. The lowest BCUT2D eigenvalue weighted by Crippen LogP contribution is -1.96. The Morgan fingerprint density at radius 1 is 1.21 bits per heavy atom. The molecule has 0 spiro atoms. The average molecular weight is 218 g/mol. The van der Waals surface area contributed by atoms with Crippen LogP contribution in [0.15, 0.2) is 0 Å². The fraction of sp³-hybridized carbons (Fsp3) is 0.909. The zero-order valence-corrected chi connectivity index (χ0v) is 9.93. The summed E-state index contributed by atoms with van der Waals surface area (Å²) < 4.78 is 0. The van der Waals surface area contributed by atoms with E-state index in [-0.39, 0.29) is 0 Å². The summed E-state index contributed by atoms with van der Waals surface area (Å²) in [6.45, 7) is 2.16. The number of carboxylic acid groups (broad SMARTS) is 1. The van der Waals surface area contributed by atoms with Gasteiger partial charge in [-0.05, 0) is 19.3 Å². The molecule has 0 aliphatic heterocycles. The predicted octanol–water partition coefficient (Wildman–Crippen LogP) is 3.51. The van der Waals surface area contributed by atoms with Crippen LogP contribution in [0.2, 0.25) is 0 Å². The van der Waals surface area contributed by atoms with Crippen LogP contribution in [-0.2, 0) is 4.79 Å². The molecule has 0 saturated carbocycles. The third kappa shape index (κ3) is 9.90. The highest BCUT2D eigenvalue weighted by Gasteiger charge is 1.99. The SMILES string of the molecule is CCC(S)CCCCCCCC(=O)O. The minimum atomic E-state index is -0.675. The minimum Gasteiger partial charge on any atom is -0.481 e. The molecule has 3 heteroatoms. The monoisotopic (exact) mass is 218 g/mol. The van der Waals surface area contributed by atoms with E-state index in [1.807, 2.05) is 0 Å². The highest BCUT2D eigenvalue weighted by molar-refractivity contribution is 7.80. The minimum absolute atomic E-state index is 0.324. The highest BCUT2D eigenvalue weighted by Crippen LogP contribution is 2.13. The van der Waals surface area contributed by atoms with Crippen molar-refractivity contribution >= 4 is 18.6 Å². The van der Waals surface area contributed by atoms with Crippen molar-refractivity contribution in [1.29, 1.82) is 0 Å². The molecule has 1 atom stereocenters. The van der Waals surface area contributed by atoms with Crippen LogP contribution < -0.4 is 0 Å². The van der Waals surface area contributed by atoms with E-state index >= 15 is 0 Å². The molecule has 14 heavy (non-hydrogen) atoms. The molecule has 0 heterocycles. The zero-order valence-electron chi connectivity index (χ0n) is 9.04. The largest absolute Gasteiger partial charge is 0.481 e. The molecule has 0 amide bonds. The Bertz CT molecular complexity index is 148. The molecule has 0 fully saturated rings. The van der Waals surface area contributed by atoms with Crippen molar-refractivity contribution in [2.45, 2.75) is 63.5 Å². The second-order valence-electron chi connectivity index (χ2n) is 3.76. The molecular weight excluding hydrogens is 196 g/mol. The Morgan fingerprint density at radius 2 is 1.79 bits per heavy atom. The molecule has 0 radical (unpaired) electrons. The van der Waals surface area contributed by atoms with Gasteiger partial charge in [-0.15, -0.1) is 0 Å². The van der Waals surface area contributed by atoms with Crippen molar-refractivity contribution in [3.8, 4) is 0 Å². The Hall–Kier alpha value is -0.180. The predicted molar refractivity (Wildman–Crippen MR) is 63.0 cm³/mol. The molecule has 0 aliphatic carbocycles. The summed E-state index contributed by atoms with van der Waals surface area (Å²) in [7, 11) is 0. The maximum Gasteiger partial charge on any atom is 0.303 e. The van der Waals surface area contributed by atoms with E-state index in [1.54, 1.807) is 0 Å². The topological polar surface area (TPSA) is 37.3 Å². The number of aliphatic carboxylic acids is 1. The highest BCUT2D eigenvalue weighted by atomic mass is 32.1. The average Bonchev–Trinajstić information content (AvgIpc) is 2.15. The van der Waals surface area contributed by atoms with Gasteiger partial charge in [0, 0.05) is 11.7 Å². The number of carboxylic acids is 1. The van der Waals surface area contributed by atoms with Gasteiger partial charge in [0.2, 0.25) is 0 Å². The van der Waals surface area contributed by atoms with Gasteiger partial charge in [0.15, 0.2) is 0 Å². The quantitative estimate of drug-likeness (QED) is 0.459. The van der Waals surface area contributed by atoms with E-state index in [1.165, 1.54) is 19.3 Å². The number of carbonyl (C=O) groups is 1. The molecule has 1 N–H and O–H groups in total. The second-order valence-corrected chi connectivity index (χ2v) is 4.49. The first-order valence-corrected chi connectivity index (χ1v) is 6.08. The van der Waals surface area contributed by atoms with Crippen LogP contribution in [0.4, 0.5) is 0 Å². The smallest absolute Gasteiger partial charge is 0.303 e. The number of thiol groups is 1. The molecular formula is C11H22O2S. The molecule has 0 rings (SSSR count). The van der Waals surface area contributed by atoms with Gasteiger partial charge in [0.1, 0.15) is 0 Å². The van der Waals surface area contributed by atoms with Crippen molar-refractivity contribution in [2.24, 2.45) is 0 Å². The molecule has 1 unspecified atom stereocenters. The molecule has 0 aromatic heterocycles. The number of hydrogen-bond donors (Lipinski definition) is 2. The maximum atomic E-state index is 10.2. The zero-order chi connectivity index (χ0) is 10.8. The van der Waals surface area contributed by atoms with Gasteiger partial charge in [0.05, 0.1) is 0 Å². The van der Waals surface area contributed by atoms with Gasteiger partial charge in [-0.3, -0.25) is 4.79 Å². The second kappa shape index (κ2) is 9.38. The fourth-order valence-electron chi connectivity index (χ4n) is 1.39. The van der Waals surface area contributed by atoms with E-state index in [2.05, 4.69) is 19.6 Å². The standard InChI is InChI=1S/C11H22O2S/c1-2-10(14)8-6-4-3-5-7-9-11(12)13/h10,14H,2-9H2,1H3,(H,12,13). The first kappa shape index (κ1) is 13.8. The third-order valence-corrected chi connectivity index (χ3v) is 3.02. The van der Waals surface area contributed by atoms with Gasteiger partial charge >= 0.3 is 5.97 Å². The summed E-state index contributed by atoms with van der Waals surface area (Å²) in [6, 6.07) is 0. The molecule has 0 aliphatic rings. The maximum absolute atomic E-state index is 10.2. The first-order chi connectivity index (χ1) is 6.66. The van der Waals surface area contributed by atoms with Gasteiger partial charge in [-0.2, -0.15) is 12.6 Å². The fourth-order valence-corrected chi connectivity index (χ4v) is 1.57. The molecule has 2 nitrogen and oxygen atoms in total. The Kier molecular flexibility index (Phi) is 9.26. The lowest BCUT2D eigenvalue weighted by atomic mass is 10.1. The van der Waals surface area contributed by atoms with Gasteiger partial charge < -0.3 is 5.11 Å². The summed E-state index contributed by atoms with van der Waals surface area (Å²) in [6.07, 6.45) is 8.15. The Labute approximate surface area is 92.5 Å². The van der Waals surface area contributed by atoms with Gasteiger partial charge in [-0.25, -0.2) is 0 Å². The summed E-state index contributed by atoms with van der Waals surface area (Å²) >= 11 is 4.42. The van der Waals surface area contributed by atoms with Crippen molar-refractivity contribution in [1.82, 2.24) is 0 Å². The third-order valence-electron chi connectivity index (χ3n) is 2.40. The number of rotatable bonds is 9. The van der Waals surface area contributed by atoms with Crippen LogP contribution >= 0.6 is 12.6 Å². The Balaban J connectivity index is 3.02. The molecule has 0 bridgehead atoms. The van der Waals surface area contributed by atoms with Crippen LogP contribution in [0, 0.1) is 0 Å². The Morgan fingerprint density at radius 3 is 2.36 bits per heavy atom. The number of unbranched alkanes of at least 4 members (excludes halogenated alkanes) is 4. The van der Waals surface area contributed by atoms with Gasteiger partial charge in [-0.1, -0.05) is 32.6 Å². The van der Waals surface area contributed by atoms with E-state index in [0.29, 0.717) is 11.7 Å². The van der Waals surface area contributed by atoms with E-state index < -0.39 is 5.97 Å². The van der Waals surface area contributed by atoms with E-state index in [4.69, 9.17) is 5.11 Å². The van der Waals surface area contributed by atoms with Crippen LogP contribution in [0.1, 0.15) is 58.3 Å². The summed E-state index contributed by atoms with van der Waals surface area (Å²) in [4.78, 5) is 10.2. The molecule has 84 valence electrons. The van der Waals surface area contributed by atoms with Crippen LogP contribution in [-0.4, -0.2) is 16.3 Å². The van der Waals surface area contributed by atoms with E-state index in [9.17, 15) is 4.79 Å². The molecule has 0 aromatic rings. The molecule has 0 saturated heterocycles. The summed E-state index contributed by atoms with van der Waals surface area (Å²) in [5, 5.41) is 8.96. The number of hydrogen-bond acceptors (Lipinski definition) is 2. The van der Waals surface area contributed by atoms with Crippen molar-refractivity contribution in [3.63, 3.8) is 0 Å². The van der Waals surface area contributed by atoms with E-state index in [0.717, 1.165) is 25.7 Å². The van der Waals surface area contributed by atoms with Gasteiger partial charge in [0.25, 0.3) is 0 Å². The van der Waals surface area contributed by atoms with Crippen LogP contribution in [0.25, 0.3) is 0 Å². The lowest BCUT2D eigenvalue weighted by Gasteiger charge is -2.06. The summed E-state index contributed by atoms with van der Waals surface area (Å²) in [5.41, 5.74) is 0. The molecule has 0 aromatic carbocycles. The van der Waals surface area contributed by atoms with Crippen molar-refractivity contribution in [2.75, 3.05) is 0 Å². The first-order valence-electron chi connectivity index (χ1n) is 5.56. The summed E-state index contributed by atoms with van der Waals surface area (Å²) in [5.74, 6) is -0.675. The van der Waals surface area contributed by atoms with Crippen LogP contribution in [0.5, 0.6) is 0 Å². The van der Waals surface area contributed by atoms with Crippen LogP contribution in [0.3, 0.4) is 0 Å². The lowest BCUT2D eigenvalue weighted by molar-refractivity contribution is -0.137. The van der Waals surface area contributed by atoms with Crippen molar-refractivity contribution < 1.29 is 9.90 Å². The van der Waals surface area contributed by atoms with Crippen molar-refractivity contribution in [3.05, 3.63) is 0 Å².